The zero-order valence-electron chi connectivity index (χ0n) is 17.9. The summed E-state index contributed by atoms with van der Waals surface area (Å²) in [4.78, 5) is 15.3. The number of methoxy groups -OCH3 is 3. The molecule has 1 aliphatic heterocycles. The van der Waals surface area contributed by atoms with Crippen LogP contribution < -0.4 is 19.5 Å². The number of ether oxygens (including phenoxy) is 3. The third kappa shape index (κ3) is 4.14. The average molecular weight is 418 g/mol. The Hall–Kier alpha value is -3.67. The summed E-state index contributed by atoms with van der Waals surface area (Å²) in [5.41, 5.74) is 3.57. The molecule has 0 aliphatic carbocycles. The molecular weight excluding hydrogens is 392 g/mol. The SMILES string of the molecule is COc1ccc(CCN2C(=O)c3ccccc3N[C@H]2c2ccc(OC)c(OC)c2)cc1. The van der Waals surface area contributed by atoms with Gasteiger partial charge in [0.1, 0.15) is 11.9 Å². The zero-order valence-corrected chi connectivity index (χ0v) is 17.9. The van der Waals surface area contributed by atoms with E-state index < -0.39 is 0 Å². The van der Waals surface area contributed by atoms with Gasteiger partial charge in [-0.15, -0.1) is 0 Å². The zero-order chi connectivity index (χ0) is 21.8. The molecule has 31 heavy (non-hydrogen) atoms. The molecule has 0 radical (unpaired) electrons. The van der Waals surface area contributed by atoms with Gasteiger partial charge in [-0.25, -0.2) is 0 Å². The van der Waals surface area contributed by atoms with E-state index in [2.05, 4.69) is 5.32 Å². The van der Waals surface area contributed by atoms with Crippen molar-refractivity contribution in [1.29, 1.82) is 0 Å². The maximum absolute atomic E-state index is 13.4. The molecule has 0 saturated heterocycles. The van der Waals surface area contributed by atoms with Gasteiger partial charge in [0, 0.05) is 12.2 Å². The minimum atomic E-state index is -0.319. The largest absolute Gasteiger partial charge is 0.497 e. The lowest BCUT2D eigenvalue weighted by Crippen LogP contribution is -2.44. The minimum Gasteiger partial charge on any atom is -0.497 e. The van der Waals surface area contributed by atoms with E-state index >= 15 is 0 Å². The highest BCUT2D eigenvalue weighted by molar-refractivity contribution is 6.01. The second kappa shape index (κ2) is 9.00. The van der Waals surface area contributed by atoms with Crippen molar-refractivity contribution in [3.05, 3.63) is 83.4 Å². The van der Waals surface area contributed by atoms with Gasteiger partial charge in [0.15, 0.2) is 11.5 Å². The molecule has 6 nitrogen and oxygen atoms in total. The van der Waals surface area contributed by atoms with Crippen LogP contribution in [0.5, 0.6) is 17.2 Å². The number of amides is 1. The fourth-order valence-corrected chi connectivity index (χ4v) is 3.85. The van der Waals surface area contributed by atoms with Crippen LogP contribution in [-0.2, 0) is 6.42 Å². The summed E-state index contributed by atoms with van der Waals surface area (Å²) >= 11 is 0. The van der Waals surface area contributed by atoms with Gasteiger partial charge in [-0.05, 0) is 53.9 Å². The number of anilines is 1. The van der Waals surface area contributed by atoms with Crippen molar-refractivity contribution in [2.75, 3.05) is 33.2 Å². The summed E-state index contributed by atoms with van der Waals surface area (Å²) < 4.78 is 16.1. The number of benzene rings is 3. The molecule has 160 valence electrons. The highest BCUT2D eigenvalue weighted by Gasteiger charge is 2.33. The molecule has 0 unspecified atom stereocenters. The lowest BCUT2D eigenvalue weighted by molar-refractivity contribution is 0.0685. The third-order valence-corrected chi connectivity index (χ3v) is 5.55. The molecule has 1 N–H and O–H groups in total. The van der Waals surface area contributed by atoms with Gasteiger partial charge in [-0.1, -0.05) is 30.3 Å². The Morgan fingerprint density at radius 3 is 2.32 bits per heavy atom. The van der Waals surface area contributed by atoms with E-state index in [4.69, 9.17) is 14.2 Å². The van der Waals surface area contributed by atoms with Crippen molar-refractivity contribution in [2.24, 2.45) is 0 Å². The molecule has 1 amide bonds. The first-order valence-electron chi connectivity index (χ1n) is 10.2. The monoisotopic (exact) mass is 418 g/mol. The number of para-hydroxylation sites is 1. The van der Waals surface area contributed by atoms with Crippen LogP contribution >= 0.6 is 0 Å². The van der Waals surface area contributed by atoms with E-state index in [-0.39, 0.29) is 12.1 Å². The summed E-state index contributed by atoms with van der Waals surface area (Å²) in [6.07, 6.45) is 0.407. The summed E-state index contributed by atoms with van der Waals surface area (Å²) in [5.74, 6) is 2.10. The quantitative estimate of drug-likeness (QED) is 0.611. The Bertz CT molecular complexity index is 1070. The molecule has 0 spiro atoms. The maximum Gasteiger partial charge on any atom is 0.257 e. The van der Waals surface area contributed by atoms with Crippen molar-refractivity contribution in [1.82, 2.24) is 4.90 Å². The second-order valence-electron chi connectivity index (χ2n) is 7.30. The molecule has 1 heterocycles. The lowest BCUT2D eigenvalue weighted by atomic mass is 10.0. The number of fused-ring (bicyclic) bond motifs is 1. The number of hydrogen-bond donors (Lipinski definition) is 1. The van der Waals surface area contributed by atoms with E-state index in [0.717, 1.165) is 29.0 Å². The van der Waals surface area contributed by atoms with Crippen LogP contribution in [0.4, 0.5) is 5.69 Å². The lowest BCUT2D eigenvalue weighted by Gasteiger charge is -2.38. The van der Waals surface area contributed by atoms with Gasteiger partial charge in [-0.3, -0.25) is 4.79 Å². The van der Waals surface area contributed by atoms with Crippen molar-refractivity contribution in [3.8, 4) is 17.2 Å². The van der Waals surface area contributed by atoms with Crippen molar-refractivity contribution < 1.29 is 19.0 Å². The molecule has 0 saturated carbocycles. The Kier molecular flexibility index (Phi) is 5.98. The van der Waals surface area contributed by atoms with Crippen LogP contribution in [0, 0.1) is 0 Å². The topological polar surface area (TPSA) is 60.0 Å². The smallest absolute Gasteiger partial charge is 0.257 e. The van der Waals surface area contributed by atoms with Crippen molar-refractivity contribution in [3.63, 3.8) is 0 Å². The van der Waals surface area contributed by atoms with Crippen LogP contribution in [0.15, 0.2) is 66.7 Å². The fourth-order valence-electron chi connectivity index (χ4n) is 3.85. The molecule has 6 heteroatoms. The van der Waals surface area contributed by atoms with Gasteiger partial charge >= 0.3 is 0 Å². The average Bonchev–Trinajstić information content (AvgIpc) is 2.83. The summed E-state index contributed by atoms with van der Waals surface area (Å²) in [5, 5.41) is 3.53. The first-order valence-corrected chi connectivity index (χ1v) is 10.2. The predicted octanol–water partition coefficient (Wildman–Crippen LogP) is 4.52. The molecule has 0 aromatic heterocycles. The number of nitrogens with one attached hydrogen (secondary N) is 1. The summed E-state index contributed by atoms with van der Waals surface area (Å²) in [7, 11) is 4.87. The molecule has 1 aliphatic rings. The van der Waals surface area contributed by atoms with Crippen molar-refractivity contribution in [2.45, 2.75) is 12.6 Å². The highest BCUT2D eigenvalue weighted by Crippen LogP contribution is 2.36. The molecule has 3 aromatic carbocycles. The van der Waals surface area contributed by atoms with Gasteiger partial charge in [0.25, 0.3) is 5.91 Å². The normalized spacial score (nSPS) is 15.1. The van der Waals surface area contributed by atoms with Crippen LogP contribution in [0.25, 0.3) is 0 Å². The Balaban J connectivity index is 1.66. The van der Waals surface area contributed by atoms with Crippen LogP contribution in [0.2, 0.25) is 0 Å². The first kappa shape index (κ1) is 20.6. The Labute approximate surface area is 182 Å². The van der Waals surface area contributed by atoms with E-state index in [0.29, 0.717) is 23.6 Å². The second-order valence-corrected chi connectivity index (χ2v) is 7.30. The van der Waals surface area contributed by atoms with E-state index in [9.17, 15) is 4.79 Å². The number of rotatable bonds is 7. The molecule has 4 rings (SSSR count). The number of carbonyl (C=O) groups excluding carboxylic acids is 1. The molecule has 0 fully saturated rings. The molecule has 1 atom stereocenters. The Morgan fingerprint density at radius 1 is 0.871 bits per heavy atom. The van der Waals surface area contributed by atoms with Crippen molar-refractivity contribution >= 4 is 11.6 Å². The van der Waals surface area contributed by atoms with Crippen LogP contribution in [0.3, 0.4) is 0 Å². The summed E-state index contributed by atoms with van der Waals surface area (Å²) in [6, 6.07) is 21.3. The predicted molar refractivity (Wildman–Crippen MR) is 120 cm³/mol. The van der Waals surface area contributed by atoms with Gasteiger partial charge in [0.2, 0.25) is 0 Å². The molecule has 0 bridgehead atoms. The molecule has 3 aromatic rings. The van der Waals surface area contributed by atoms with Crippen LogP contribution in [0.1, 0.15) is 27.7 Å². The standard InChI is InChI=1S/C25H26N2O4/c1-29-19-11-8-17(9-12-19)14-15-27-24(18-10-13-22(30-2)23(16-18)31-3)26-21-7-5-4-6-20(21)25(27)28/h4-13,16,24,26H,14-15H2,1-3H3/t24-/m1/s1. The van der Waals surface area contributed by atoms with E-state index in [1.807, 2.05) is 71.6 Å². The first-order chi connectivity index (χ1) is 15.1. The van der Waals surface area contributed by atoms with Gasteiger partial charge < -0.3 is 24.4 Å². The Morgan fingerprint density at radius 2 is 1.61 bits per heavy atom. The van der Waals surface area contributed by atoms with Gasteiger partial charge in [-0.2, -0.15) is 0 Å². The minimum absolute atomic E-state index is 0.00245. The maximum atomic E-state index is 13.4. The highest BCUT2D eigenvalue weighted by atomic mass is 16.5. The third-order valence-electron chi connectivity index (χ3n) is 5.55. The van der Waals surface area contributed by atoms with Gasteiger partial charge in [0.05, 0.1) is 26.9 Å². The van der Waals surface area contributed by atoms with E-state index in [1.165, 1.54) is 0 Å². The number of hydrogen-bond acceptors (Lipinski definition) is 5. The number of carbonyl (C=O) groups is 1. The van der Waals surface area contributed by atoms with Crippen LogP contribution in [-0.4, -0.2) is 38.7 Å². The fraction of sp³-hybridized carbons (Fsp3) is 0.240. The summed E-state index contributed by atoms with van der Waals surface area (Å²) in [6.45, 7) is 0.561. The number of nitrogens with zero attached hydrogens (tertiary/aromatic N) is 1. The van der Waals surface area contributed by atoms with E-state index in [1.54, 1.807) is 21.3 Å². The molecular formula is C25H26N2O4.